The molecule has 2 aromatic carbocycles. The van der Waals surface area contributed by atoms with Crippen LogP contribution in [0.15, 0.2) is 59.6 Å². The number of halogens is 3. The lowest BCUT2D eigenvalue weighted by Gasteiger charge is -2.14. The molecular formula is C15H11F3N2O3S. The number of anilines is 1. The van der Waals surface area contributed by atoms with Crippen molar-refractivity contribution >= 4 is 26.6 Å². The number of aromatic amines is 1. The number of hydrogen-bond acceptors (Lipinski definition) is 3. The van der Waals surface area contributed by atoms with Crippen LogP contribution in [0.4, 0.5) is 18.9 Å². The van der Waals surface area contributed by atoms with Gasteiger partial charge in [0.1, 0.15) is 10.6 Å². The molecule has 0 unspecified atom stereocenters. The van der Waals surface area contributed by atoms with Crippen LogP contribution in [0.3, 0.4) is 0 Å². The Morgan fingerprint density at radius 2 is 1.79 bits per heavy atom. The minimum absolute atomic E-state index is 0.226. The lowest BCUT2D eigenvalue weighted by molar-refractivity contribution is -0.275. The summed E-state index contributed by atoms with van der Waals surface area (Å²) in [6.07, 6.45) is -3.30. The fourth-order valence-electron chi connectivity index (χ4n) is 2.21. The van der Waals surface area contributed by atoms with Crippen molar-refractivity contribution in [2.24, 2.45) is 0 Å². The Morgan fingerprint density at radius 3 is 2.54 bits per heavy atom. The number of benzene rings is 2. The summed E-state index contributed by atoms with van der Waals surface area (Å²) in [5.41, 5.74) is 1.03. The summed E-state index contributed by atoms with van der Waals surface area (Å²) in [7, 11) is -4.25. The van der Waals surface area contributed by atoms with Gasteiger partial charge in [0.2, 0.25) is 0 Å². The molecule has 0 saturated carbocycles. The van der Waals surface area contributed by atoms with E-state index in [9.17, 15) is 21.6 Å². The molecule has 0 aliphatic carbocycles. The van der Waals surface area contributed by atoms with Crippen molar-refractivity contribution in [3.63, 3.8) is 0 Å². The van der Waals surface area contributed by atoms with Gasteiger partial charge >= 0.3 is 6.36 Å². The van der Waals surface area contributed by atoms with E-state index in [0.717, 1.165) is 23.0 Å². The number of aromatic nitrogens is 1. The van der Waals surface area contributed by atoms with Crippen LogP contribution in [-0.2, 0) is 10.0 Å². The third-order valence-corrected chi connectivity index (χ3v) is 4.59. The number of H-pyrrole nitrogens is 1. The number of fused-ring (bicyclic) bond motifs is 1. The van der Waals surface area contributed by atoms with E-state index < -0.39 is 27.0 Å². The van der Waals surface area contributed by atoms with Crippen molar-refractivity contribution in [3.8, 4) is 5.75 Å². The molecule has 0 spiro atoms. The average molecular weight is 356 g/mol. The lowest BCUT2D eigenvalue weighted by Crippen LogP contribution is -2.20. The van der Waals surface area contributed by atoms with E-state index >= 15 is 0 Å². The van der Waals surface area contributed by atoms with Gasteiger partial charge in [-0.3, -0.25) is 4.72 Å². The van der Waals surface area contributed by atoms with Crippen LogP contribution >= 0.6 is 0 Å². The monoisotopic (exact) mass is 356 g/mol. The minimum atomic E-state index is -4.99. The van der Waals surface area contributed by atoms with Crippen LogP contribution in [0.5, 0.6) is 5.75 Å². The molecule has 0 saturated heterocycles. The van der Waals surface area contributed by atoms with Crippen molar-refractivity contribution in [1.29, 1.82) is 0 Å². The summed E-state index contributed by atoms with van der Waals surface area (Å²) in [6.45, 7) is 0. The van der Waals surface area contributed by atoms with E-state index in [1.54, 1.807) is 24.4 Å². The van der Waals surface area contributed by atoms with Gasteiger partial charge in [0, 0.05) is 22.8 Å². The molecule has 3 aromatic rings. The molecule has 1 aromatic heterocycles. The SMILES string of the molecule is O=S(=O)(Nc1ccc2[nH]ccc2c1)c1ccccc1OC(F)(F)F. The maximum atomic E-state index is 12.4. The molecule has 0 amide bonds. The number of para-hydroxylation sites is 1. The zero-order chi connectivity index (χ0) is 17.4. The third kappa shape index (κ3) is 3.46. The number of sulfonamides is 1. The van der Waals surface area contributed by atoms with Crippen LogP contribution in [0.1, 0.15) is 0 Å². The molecule has 0 aliphatic rings. The van der Waals surface area contributed by atoms with E-state index in [-0.39, 0.29) is 5.69 Å². The highest BCUT2D eigenvalue weighted by atomic mass is 32.2. The molecule has 0 radical (unpaired) electrons. The number of hydrogen-bond donors (Lipinski definition) is 2. The Bertz CT molecular complexity index is 981. The average Bonchev–Trinajstić information content (AvgIpc) is 2.93. The van der Waals surface area contributed by atoms with Crippen molar-refractivity contribution in [2.75, 3.05) is 4.72 Å². The van der Waals surface area contributed by atoms with Crippen molar-refractivity contribution in [3.05, 3.63) is 54.7 Å². The smallest absolute Gasteiger partial charge is 0.404 e. The zero-order valence-corrected chi connectivity index (χ0v) is 12.8. The van der Waals surface area contributed by atoms with E-state index in [4.69, 9.17) is 0 Å². The Labute approximate surface area is 135 Å². The summed E-state index contributed by atoms with van der Waals surface area (Å²) in [5.74, 6) is -0.791. The normalized spacial score (nSPS) is 12.3. The molecule has 0 fully saturated rings. The first-order valence-corrected chi connectivity index (χ1v) is 8.18. The number of nitrogens with one attached hydrogen (secondary N) is 2. The molecule has 1 heterocycles. The van der Waals surface area contributed by atoms with Crippen molar-refractivity contribution in [1.82, 2.24) is 4.98 Å². The molecule has 0 bridgehead atoms. The van der Waals surface area contributed by atoms with Gasteiger partial charge in [-0.1, -0.05) is 12.1 Å². The van der Waals surface area contributed by atoms with Gasteiger partial charge < -0.3 is 9.72 Å². The first-order valence-electron chi connectivity index (χ1n) is 6.69. The predicted molar refractivity (Wildman–Crippen MR) is 82.2 cm³/mol. The number of alkyl halides is 3. The quantitative estimate of drug-likeness (QED) is 0.745. The van der Waals surface area contributed by atoms with Crippen molar-refractivity contribution < 1.29 is 26.3 Å². The topological polar surface area (TPSA) is 71.2 Å². The summed E-state index contributed by atoms with van der Waals surface area (Å²) in [4.78, 5) is 2.35. The molecule has 24 heavy (non-hydrogen) atoms. The highest BCUT2D eigenvalue weighted by molar-refractivity contribution is 7.92. The Morgan fingerprint density at radius 1 is 1.04 bits per heavy atom. The second-order valence-corrected chi connectivity index (χ2v) is 6.53. The maximum absolute atomic E-state index is 12.4. The Hall–Kier alpha value is -2.68. The van der Waals surface area contributed by atoms with Crippen LogP contribution < -0.4 is 9.46 Å². The van der Waals surface area contributed by atoms with Crippen LogP contribution in [0.25, 0.3) is 10.9 Å². The summed E-state index contributed by atoms with van der Waals surface area (Å²) < 4.78 is 68.2. The van der Waals surface area contributed by atoms with Gasteiger partial charge in [-0.2, -0.15) is 0 Å². The maximum Gasteiger partial charge on any atom is 0.573 e. The highest BCUT2D eigenvalue weighted by Gasteiger charge is 2.34. The fourth-order valence-corrected chi connectivity index (χ4v) is 3.39. The van der Waals surface area contributed by atoms with Gasteiger partial charge in [0.25, 0.3) is 10.0 Å². The summed E-state index contributed by atoms with van der Waals surface area (Å²) in [5, 5.41) is 0.759. The van der Waals surface area contributed by atoms with Crippen LogP contribution in [0, 0.1) is 0 Å². The lowest BCUT2D eigenvalue weighted by atomic mass is 10.2. The first-order chi connectivity index (χ1) is 11.2. The number of rotatable bonds is 4. The molecular weight excluding hydrogens is 345 g/mol. The molecule has 2 N–H and O–H groups in total. The molecule has 5 nitrogen and oxygen atoms in total. The Kier molecular flexibility index (Phi) is 3.88. The van der Waals surface area contributed by atoms with Gasteiger partial charge in [0.05, 0.1) is 0 Å². The first kappa shape index (κ1) is 16.2. The van der Waals surface area contributed by atoms with Gasteiger partial charge in [-0.05, 0) is 36.4 Å². The van der Waals surface area contributed by atoms with Crippen LogP contribution in [-0.4, -0.2) is 19.8 Å². The minimum Gasteiger partial charge on any atom is -0.404 e. The second-order valence-electron chi connectivity index (χ2n) is 4.88. The molecule has 0 aliphatic heterocycles. The Balaban J connectivity index is 1.95. The van der Waals surface area contributed by atoms with E-state index in [0.29, 0.717) is 0 Å². The van der Waals surface area contributed by atoms with Gasteiger partial charge in [0.15, 0.2) is 0 Å². The molecule has 126 valence electrons. The summed E-state index contributed by atoms with van der Waals surface area (Å²) >= 11 is 0. The molecule has 9 heteroatoms. The van der Waals surface area contributed by atoms with Gasteiger partial charge in [-0.25, -0.2) is 8.42 Å². The van der Waals surface area contributed by atoms with Gasteiger partial charge in [-0.15, -0.1) is 13.2 Å². The second kappa shape index (κ2) is 5.75. The standard InChI is InChI=1S/C15H11F3N2O3S/c16-15(17,18)23-13-3-1-2-4-14(13)24(21,22)20-11-5-6-12-10(9-11)7-8-19-12/h1-9,19-20H. The van der Waals surface area contributed by atoms with Crippen LogP contribution in [0.2, 0.25) is 0 Å². The third-order valence-electron chi connectivity index (χ3n) is 3.17. The molecule has 3 rings (SSSR count). The summed E-state index contributed by atoms with van der Waals surface area (Å²) in [6, 6.07) is 11.0. The molecule has 0 atom stereocenters. The predicted octanol–water partition coefficient (Wildman–Crippen LogP) is 3.87. The fraction of sp³-hybridized carbons (Fsp3) is 0.0667. The number of ether oxygens (including phenoxy) is 1. The van der Waals surface area contributed by atoms with E-state index in [1.807, 2.05) is 0 Å². The van der Waals surface area contributed by atoms with Crippen molar-refractivity contribution in [2.45, 2.75) is 11.3 Å². The largest absolute Gasteiger partial charge is 0.573 e. The highest BCUT2D eigenvalue weighted by Crippen LogP contribution is 2.31. The zero-order valence-electron chi connectivity index (χ0n) is 12.0. The van der Waals surface area contributed by atoms with E-state index in [1.165, 1.54) is 18.2 Å². The van der Waals surface area contributed by atoms with E-state index in [2.05, 4.69) is 14.4 Å².